The first-order valence-corrected chi connectivity index (χ1v) is 12.9. The Morgan fingerprint density at radius 1 is 1.03 bits per heavy atom. The van der Waals surface area contributed by atoms with Crippen molar-refractivity contribution in [2.24, 2.45) is 0 Å². The Morgan fingerprint density at radius 2 is 1.60 bits per heavy atom. The third-order valence-electron chi connectivity index (χ3n) is 5.59. The van der Waals surface area contributed by atoms with Gasteiger partial charge in [0.2, 0.25) is 5.91 Å². The summed E-state index contributed by atoms with van der Waals surface area (Å²) in [6, 6.07) is 12.1. The number of hydrogen-bond acceptors (Lipinski definition) is 5. The Bertz CT molecular complexity index is 979. The minimum absolute atomic E-state index is 0.00878. The van der Waals surface area contributed by atoms with Crippen molar-refractivity contribution in [3.63, 3.8) is 0 Å². The van der Waals surface area contributed by atoms with Crippen LogP contribution >= 0.6 is 0 Å². The molecule has 1 atom stereocenters. The first kappa shape index (κ1) is 29.0. The maximum absolute atomic E-state index is 13.0. The average Bonchev–Trinajstić information content (AvgIpc) is 2.79. The molecule has 0 fully saturated rings. The van der Waals surface area contributed by atoms with Gasteiger partial charge in [-0.15, -0.1) is 0 Å². The molecule has 2 aromatic carbocycles. The van der Waals surface area contributed by atoms with Gasteiger partial charge in [0.1, 0.15) is 23.3 Å². The number of nitrogens with zero attached hydrogens (tertiary/aromatic N) is 2. The molecule has 0 radical (unpaired) electrons. The van der Waals surface area contributed by atoms with Gasteiger partial charge >= 0.3 is 0 Å². The molecule has 1 amide bonds. The van der Waals surface area contributed by atoms with Gasteiger partial charge in [0.25, 0.3) is 0 Å². The van der Waals surface area contributed by atoms with Crippen LogP contribution in [0.5, 0.6) is 5.75 Å². The summed E-state index contributed by atoms with van der Waals surface area (Å²) >= 11 is 0. The van der Waals surface area contributed by atoms with Crippen molar-refractivity contribution in [3.8, 4) is 5.75 Å². The van der Waals surface area contributed by atoms with Crippen molar-refractivity contribution in [2.75, 3.05) is 41.0 Å². The van der Waals surface area contributed by atoms with Crippen molar-refractivity contribution in [2.45, 2.75) is 58.1 Å². The standard InChI is InChI=1S/C27H41N3O4S/c1-20-15-24(33-8)16-21(2)26(20)35(32)30(7)13-14-34-19-25(31)29(6)18-23-11-9-22(10-12-23)17-28-27(3,4)5/h9-12,15-16,28H,13-14,17-19H2,1-8H3. The molecule has 194 valence electrons. The van der Waals surface area contributed by atoms with Gasteiger partial charge in [-0.2, -0.15) is 0 Å². The van der Waals surface area contributed by atoms with Crippen LogP contribution in [0.3, 0.4) is 0 Å². The van der Waals surface area contributed by atoms with Crippen molar-refractivity contribution in [1.29, 1.82) is 0 Å². The van der Waals surface area contributed by atoms with E-state index in [1.54, 1.807) is 30.4 Å². The summed E-state index contributed by atoms with van der Waals surface area (Å²) in [4.78, 5) is 14.9. The van der Waals surface area contributed by atoms with Crippen LogP contribution in [-0.4, -0.2) is 65.8 Å². The van der Waals surface area contributed by atoms with Gasteiger partial charge in [-0.25, -0.2) is 8.51 Å². The fourth-order valence-corrected chi connectivity index (χ4v) is 4.72. The summed E-state index contributed by atoms with van der Waals surface area (Å²) in [5, 5.41) is 3.47. The predicted molar refractivity (Wildman–Crippen MR) is 142 cm³/mol. The number of amides is 1. The van der Waals surface area contributed by atoms with E-state index < -0.39 is 11.0 Å². The molecule has 0 aromatic heterocycles. The molecule has 0 aliphatic heterocycles. The largest absolute Gasteiger partial charge is 0.497 e. The number of likely N-dealkylation sites (N-methyl/N-ethyl adjacent to an activating group) is 2. The molecule has 0 aliphatic rings. The molecule has 0 aliphatic carbocycles. The van der Waals surface area contributed by atoms with Gasteiger partial charge in [0, 0.05) is 39.3 Å². The summed E-state index contributed by atoms with van der Waals surface area (Å²) < 4.78 is 25.6. The second-order valence-corrected chi connectivity index (χ2v) is 11.4. The lowest BCUT2D eigenvalue weighted by atomic mass is 10.1. The van der Waals surface area contributed by atoms with Gasteiger partial charge < -0.3 is 19.7 Å². The zero-order valence-electron chi connectivity index (χ0n) is 22.4. The Hall–Kier alpha value is -2.26. The minimum atomic E-state index is -1.32. The molecule has 2 aromatic rings. The van der Waals surface area contributed by atoms with Gasteiger partial charge in [-0.05, 0) is 69.0 Å². The third kappa shape index (κ3) is 9.37. The molecule has 0 saturated carbocycles. The van der Waals surface area contributed by atoms with E-state index in [4.69, 9.17) is 9.47 Å². The highest BCUT2D eigenvalue weighted by molar-refractivity contribution is 7.82. The SMILES string of the molecule is COc1cc(C)c(S(=O)N(C)CCOCC(=O)N(C)Cc2ccc(CNC(C)(C)C)cc2)c(C)c1. The molecular weight excluding hydrogens is 462 g/mol. The number of hydrogen-bond donors (Lipinski definition) is 1. The average molecular weight is 504 g/mol. The molecule has 0 bridgehead atoms. The summed E-state index contributed by atoms with van der Waals surface area (Å²) in [6.07, 6.45) is 0. The Morgan fingerprint density at radius 3 is 2.14 bits per heavy atom. The van der Waals surface area contributed by atoms with E-state index in [-0.39, 0.29) is 18.1 Å². The number of rotatable bonds is 12. The molecule has 2 rings (SSSR count). The summed E-state index contributed by atoms with van der Waals surface area (Å²) in [5.74, 6) is 0.664. The van der Waals surface area contributed by atoms with Crippen LogP contribution in [0.4, 0.5) is 0 Å². The highest BCUT2D eigenvalue weighted by Gasteiger charge is 2.17. The van der Waals surface area contributed by atoms with E-state index in [0.717, 1.165) is 33.9 Å². The minimum Gasteiger partial charge on any atom is -0.497 e. The number of ether oxygens (including phenoxy) is 2. The lowest BCUT2D eigenvalue weighted by molar-refractivity contribution is -0.135. The number of aryl methyl sites for hydroxylation is 2. The van der Waals surface area contributed by atoms with Crippen LogP contribution in [0, 0.1) is 13.8 Å². The molecular formula is C27H41N3O4S. The molecule has 35 heavy (non-hydrogen) atoms. The highest BCUT2D eigenvalue weighted by Crippen LogP contribution is 2.25. The van der Waals surface area contributed by atoms with Crippen molar-refractivity contribution in [1.82, 2.24) is 14.5 Å². The summed E-state index contributed by atoms with van der Waals surface area (Å²) in [5.41, 5.74) is 4.19. The van der Waals surface area contributed by atoms with Crippen molar-refractivity contribution < 1.29 is 18.5 Å². The Kier molecular flexibility index (Phi) is 10.9. The summed E-state index contributed by atoms with van der Waals surface area (Å²) in [7, 11) is 3.86. The van der Waals surface area contributed by atoms with E-state index in [1.165, 1.54) is 5.56 Å². The number of nitrogens with one attached hydrogen (secondary N) is 1. The zero-order valence-corrected chi connectivity index (χ0v) is 23.3. The highest BCUT2D eigenvalue weighted by atomic mass is 32.2. The van der Waals surface area contributed by atoms with Gasteiger partial charge in [-0.3, -0.25) is 4.79 Å². The quantitative estimate of drug-likeness (QED) is 0.446. The van der Waals surface area contributed by atoms with Crippen LogP contribution in [-0.2, 0) is 33.6 Å². The van der Waals surface area contributed by atoms with E-state index in [1.807, 2.05) is 26.0 Å². The molecule has 8 heteroatoms. The molecule has 1 N–H and O–H groups in total. The second-order valence-electron chi connectivity index (χ2n) is 9.91. The zero-order chi connectivity index (χ0) is 26.2. The Balaban J connectivity index is 1.77. The lowest BCUT2D eigenvalue weighted by Crippen LogP contribution is -2.35. The first-order valence-electron chi connectivity index (χ1n) is 11.8. The van der Waals surface area contributed by atoms with Crippen molar-refractivity contribution in [3.05, 3.63) is 58.7 Å². The van der Waals surface area contributed by atoms with Gasteiger partial charge in [0.15, 0.2) is 0 Å². The lowest BCUT2D eigenvalue weighted by Gasteiger charge is -2.21. The smallest absolute Gasteiger partial charge is 0.248 e. The molecule has 7 nitrogen and oxygen atoms in total. The van der Waals surface area contributed by atoms with Crippen LogP contribution in [0.1, 0.15) is 43.0 Å². The van der Waals surface area contributed by atoms with Gasteiger partial charge in [0.05, 0.1) is 18.6 Å². The predicted octanol–water partition coefficient (Wildman–Crippen LogP) is 3.83. The molecule has 0 spiro atoms. The summed E-state index contributed by atoms with van der Waals surface area (Å²) in [6.45, 7) is 12.4. The first-order chi connectivity index (χ1) is 16.4. The van der Waals surface area contributed by atoms with Crippen molar-refractivity contribution >= 4 is 16.9 Å². The number of benzene rings is 2. The fraction of sp³-hybridized carbons (Fsp3) is 0.519. The fourth-order valence-electron chi connectivity index (χ4n) is 3.50. The van der Waals surface area contributed by atoms with E-state index >= 15 is 0 Å². The normalized spacial score (nSPS) is 12.6. The maximum atomic E-state index is 13.0. The topological polar surface area (TPSA) is 71.1 Å². The third-order valence-corrected chi connectivity index (χ3v) is 7.34. The van der Waals surface area contributed by atoms with E-state index in [9.17, 15) is 9.00 Å². The molecule has 0 saturated heterocycles. The van der Waals surface area contributed by atoms with Crippen LogP contribution in [0.15, 0.2) is 41.3 Å². The van der Waals surface area contributed by atoms with Crippen LogP contribution < -0.4 is 10.1 Å². The molecule has 1 unspecified atom stereocenters. The number of carbonyl (C=O) groups is 1. The number of methoxy groups -OCH3 is 1. The van der Waals surface area contributed by atoms with Crippen LogP contribution in [0.25, 0.3) is 0 Å². The van der Waals surface area contributed by atoms with E-state index in [0.29, 0.717) is 19.7 Å². The molecule has 0 heterocycles. The van der Waals surface area contributed by atoms with Gasteiger partial charge in [-0.1, -0.05) is 24.3 Å². The Labute approximate surface area is 213 Å². The second kappa shape index (κ2) is 13.2. The maximum Gasteiger partial charge on any atom is 0.248 e. The van der Waals surface area contributed by atoms with E-state index in [2.05, 4.69) is 50.4 Å². The van der Waals surface area contributed by atoms with Crippen LogP contribution in [0.2, 0.25) is 0 Å². The monoisotopic (exact) mass is 503 g/mol. The number of carbonyl (C=O) groups excluding carboxylic acids is 1.